The van der Waals surface area contributed by atoms with Gasteiger partial charge in [0.1, 0.15) is 10.6 Å². The summed E-state index contributed by atoms with van der Waals surface area (Å²) >= 11 is 12.6. The van der Waals surface area contributed by atoms with Crippen molar-refractivity contribution in [3.05, 3.63) is 37.7 Å². The Morgan fingerprint density at radius 2 is 1.75 bits per heavy atom. The Balaban J connectivity index is 2.83. The van der Waals surface area contributed by atoms with E-state index in [4.69, 9.17) is 32.4 Å². The molecular weight excluding hydrogens is 299 g/mol. The Labute approximate surface area is 127 Å². The zero-order chi connectivity index (χ0) is 15.2. The molecule has 0 spiro atoms. The quantitative estimate of drug-likeness (QED) is 0.703. The molecule has 0 amide bonds. The van der Waals surface area contributed by atoms with Crippen LogP contribution in [0.25, 0.3) is 11.0 Å². The molecule has 0 aliphatic rings. The van der Waals surface area contributed by atoms with Gasteiger partial charge in [-0.1, -0.05) is 23.2 Å². The van der Waals surface area contributed by atoms with Crippen LogP contribution in [0.3, 0.4) is 0 Å². The van der Waals surface area contributed by atoms with Gasteiger partial charge in [0, 0.05) is 10.9 Å². The molecule has 0 aliphatic heterocycles. The van der Waals surface area contributed by atoms with Crippen molar-refractivity contribution >= 4 is 34.2 Å². The maximum Gasteiger partial charge on any atom is 0.339 e. The van der Waals surface area contributed by atoms with Crippen molar-refractivity contribution in [2.45, 2.75) is 40.2 Å². The van der Waals surface area contributed by atoms with Crippen LogP contribution in [0.4, 0.5) is 0 Å². The Kier molecular flexibility index (Phi) is 3.78. The molecule has 2 rings (SSSR count). The predicted octanol–water partition coefficient (Wildman–Crippen LogP) is 4.89. The van der Waals surface area contributed by atoms with Gasteiger partial charge in [-0.2, -0.15) is 0 Å². The number of benzene rings is 1. The van der Waals surface area contributed by atoms with Crippen molar-refractivity contribution in [2.24, 2.45) is 0 Å². The van der Waals surface area contributed by atoms with Gasteiger partial charge < -0.3 is 9.15 Å². The molecule has 2 aromatic rings. The third-order valence-corrected chi connectivity index (χ3v) is 3.63. The highest BCUT2D eigenvalue weighted by Crippen LogP contribution is 2.41. The van der Waals surface area contributed by atoms with Gasteiger partial charge in [-0.05, 0) is 46.2 Å². The van der Waals surface area contributed by atoms with E-state index in [0.29, 0.717) is 21.9 Å². The van der Waals surface area contributed by atoms with E-state index in [0.717, 1.165) is 10.9 Å². The molecule has 20 heavy (non-hydrogen) atoms. The monoisotopic (exact) mass is 314 g/mol. The lowest BCUT2D eigenvalue weighted by atomic mass is 10.1. The molecule has 1 aromatic heterocycles. The number of ether oxygens (including phenoxy) is 1. The molecule has 0 N–H and O–H groups in total. The van der Waals surface area contributed by atoms with Gasteiger partial charge in [0.15, 0.2) is 11.3 Å². The largest absolute Gasteiger partial charge is 0.485 e. The highest BCUT2D eigenvalue weighted by molar-refractivity contribution is 6.40. The van der Waals surface area contributed by atoms with Crippen LogP contribution in [0.5, 0.6) is 5.75 Å². The molecule has 0 unspecified atom stereocenters. The zero-order valence-corrected chi connectivity index (χ0v) is 13.6. The molecule has 0 aliphatic carbocycles. The summed E-state index contributed by atoms with van der Waals surface area (Å²) in [5.41, 5.74) is 0.807. The molecule has 108 valence electrons. The first-order valence-corrected chi connectivity index (χ1v) is 6.98. The molecule has 1 aromatic carbocycles. The first-order valence-electron chi connectivity index (χ1n) is 6.23. The number of aryl methyl sites for hydroxylation is 1. The van der Waals surface area contributed by atoms with E-state index in [1.807, 2.05) is 27.7 Å². The van der Waals surface area contributed by atoms with Crippen LogP contribution in [0, 0.1) is 13.8 Å². The van der Waals surface area contributed by atoms with E-state index in [1.54, 1.807) is 13.0 Å². The zero-order valence-electron chi connectivity index (χ0n) is 12.1. The summed E-state index contributed by atoms with van der Waals surface area (Å²) < 4.78 is 11.0. The summed E-state index contributed by atoms with van der Waals surface area (Å²) in [6.07, 6.45) is 0. The average molecular weight is 315 g/mol. The SMILES string of the molecule is Cc1c(C)c2cc(Cl)c(OC(C)(C)C)c(Cl)c2oc1=O. The van der Waals surface area contributed by atoms with Crippen molar-refractivity contribution in [1.29, 1.82) is 0 Å². The molecule has 0 radical (unpaired) electrons. The normalized spacial score (nSPS) is 11.9. The summed E-state index contributed by atoms with van der Waals surface area (Å²) in [5, 5.41) is 1.34. The number of halogens is 2. The van der Waals surface area contributed by atoms with E-state index in [2.05, 4.69) is 0 Å². The fraction of sp³-hybridized carbons (Fsp3) is 0.400. The van der Waals surface area contributed by atoms with Crippen molar-refractivity contribution in [3.63, 3.8) is 0 Å². The summed E-state index contributed by atoms with van der Waals surface area (Å²) in [4.78, 5) is 11.8. The van der Waals surface area contributed by atoms with Crippen molar-refractivity contribution in [2.75, 3.05) is 0 Å². The smallest absolute Gasteiger partial charge is 0.339 e. The number of hydrogen-bond donors (Lipinski definition) is 0. The van der Waals surface area contributed by atoms with Crippen LogP contribution in [0.1, 0.15) is 31.9 Å². The lowest BCUT2D eigenvalue weighted by Gasteiger charge is -2.23. The van der Waals surface area contributed by atoms with Gasteiger partial charge in [-0.25, -0.2) is 4.79 Å². The van der Waals surface area contributed by atoms with Crippen LogP contribution < -0.4 is 10.4 Å². The lowest BCUT2D eigenvalue weighted by Crippen LogP contribution is -2.23. The second kappa shape index (κ2) is 4.97. The molecule has 0 fully saturated rings. The van der Waals surface area contributed by atoms with E-state index in [9.17, 15) is 4.79 Å². The van der Waals surface area contributed by atoms with E-state index in [-0.39, 0.29) is 5.02 Å². The van der Waals surface area contributed by atoms with Crippen molar-refractivity contribution in [3.8, 4) is 5.75 Å². The average Bonchev–Trinajstić information content (AvgIpc) is 2.33. The van der Waals surface area contributed by atoms with E-state index < -0.39 is 11.2 Å². The maximum atomic E-state index is 11.8. The minimum absolute atomic E-state index is 0.225. The highest BCUT2D eigenvalue weighted by atomic mass is 35.5. The number of fused-ring (bicyclic) bond motifs is 1. The summed E-state index contributed by atoms with van der Waals surface area (Å²) in [6.45, 7) is 9.22. The third-order valence-electron chi connectivity index (χ3n) is 3.01. The van der Waals surface area contributed by atoms with Crippen LogP contribution in [0.2, 0.25) is 10.0 Å². The number of hydrogen-bond acceptors (Lipinski definition) is 3. The van der Waals surface area contributed by atoms with Gasteiger partial charge in [0.2, 0.25) is 0 Å². The fourth-order valence-corrected chi connectivity index (χ4v) is 2.46. The fourth-order valence-electron chi connectivity index (χ4n) is 1.89. The first kappa shape index (κ1) is 15.2. The van der Waals surface area contributed by atoms with E-state index >= 15 is 0 Å². The minimum atomic E-state index is -0.457. The standard InChI is InChI=1S/C15H16Cl2O3/c1-7-8(2)14(18)19-12-9(7)6-10(16)13(11(12)17)20-15(3,4)5/h6H,1-5H3. The van der Waals surface area contributed by atoms with Gasteiger partial charge in [-0.15, -0.1) is 0 Å². The van der Waals surface area contributed by atoms with Gasteiger partial charge in [0.05, 0.1) is 5.02 Å². The maximum absolute atomic E-state index is 11.8. The topological polar surface area (TPSA) is 39.4 Å². The van der Waals surface area contributed by atoms with Crippen LogP contribution in [-0.2, 0) is 0 Å². The lowest BCUT2D eigenvalue weighted by molar-refractivity contribution is 0.131. The molecule has 0 saturated heterocycles. The number of rotatable bonds is 1. The molecule has 3 nitrogen and oxygen atoms in total. The second-order valence-electron chi connectivity index (χ2n) is 5.73. The molecule has 0 atom stereocenters. The molecule has 1 heterocycles. The Morgan fingerprint density at radius 1 is 1.15 bits per heavy atom. The molecular formula is C15H16Cl2O3. The van der Waals surface area contributed by atoms with Crippen molar-refractivity contribution in [1.82, 2.24) is 0 Å². The van der Waals surface area contributed by atoms with E-state index in [1.165, 1.54) is 0 Å². The van der Waals surface area contributed by atoms with Gasteiger partial charge >= 0.3 is 5.63 Å². The van der Waals surface area contributed by atoms with Crippen LogP contribution >= 0.6 is 23.2 Å². The Morgan fingerprint density at radius 3 is 2.30 bits per heavy atom. The Hall–Kier alpha value is -1.19. The highest BCUT2D eigenvalue weighted by Gasteiger charge is 2.22. The van der Waals surface area contributed by atoms with Crippen molar-refractivity contribution < 1.29 is 9.15 Å². The summed E-state index contributed by atoms with van der Waals surface area (Å²) in [6, 6.07) is 1.72. The van der Waals surface area contributed by atoms with Crippen LogP contribution in [0.15, 0.2) is 15.3 Å². The predicted molar refractivity (Wildman–Crippen MR) is 82.4 cm³/mol. The summed E-state index contributed by atoms with van der Waals surface area (Å²) in [7, 11) is 0. The van der Waals surface area contributed by atoms with Gasteiger partial charge in [0.25, 0.3) is 0 Å². The second-order valence-corrected chi connectivity index (χ2v) is 6.52. The van der Waals surface area contributed by atoms with Crippen LogP contribution in [-0.4, -0.2) is 5.60 Å². The molecule has 5 heteroatoms. The first-order chi connectivity index (χ1) is 9.11. The Bertz CT molecular complexity index is 740. The molecule has 0 saturated carbocycles. The molecule has 0 bridgehead atoms. The summed E-state index contributed by atoms with van der Waals surface area (Å²) in [5.74, 6) is 0.333. The third kappa shape index (κ3) is 2.65. The minimum Gasteiger partial charge on any atom is -0.485 e. The van der Waals surface area contributed by atoms with Gasteiger partial charge in [-0.3, -0.25) is 0 Å².